The molecule has 13 aromatic carbocycles. The van der Waals surface area contributed by atoms with E-state index in [4.69, 9.17) is 8.83 Å². The summed E-state index contributed by atoms with van der Waals surface area (Å²) >= 11 is 0. The third-order valence-corrected chi connectivity index (χ3v) is 20.8. The molecule has 99 heavy (non-hydrogen) atoms. The minimum Gasteiger partial charge on any atom is -0.464 e. The number of fused-ring (bicyclic) bond motifs is 14. The molecule has 0 saturated carbocycles. The smallest absolute Gasteiger partial charge is 0.248 e. The fraction of sp³-hybridized carbons (Fsp3) is 0.0674. The number of rotatable bonds is 7. The van der Waals surface area contributed by atoms with Crippen LogP contribution >= 0.6 is 0 Å². The number of benzene rings is 13. The van der Waals surface area contributed by atoms with E-state index in [0.717, 1.165) is 61.4 Å². The van der Waals surface area contributed by atoms with Crippen molar-refractivity contribution >= 4 is 111 Å². The van der Waals surface area contributed by atoms with Crippen LogP contribution in [0.3, 0.4) is 0 Å². The zero-order valence-corrected chi connectivity index (χ0v) is 54.8. The molecule has 0 radical (unpaired) electrons. The van der Waals surface area contributed by atoms with Gasteiger partial charge in [0.2, 0.25) is 11.8 Å². The highest BCUT2D eigenvalue weighted by Crippen LogP contribution is 2.54. The van der Waals surface area contributed by atoms with Gasteiger partial charge in [-0.05, 0) is 168 Å². The maximum absolute atomic E-state index is 12.6. The Hall–Kier alpha value is -12.8. The van der Waals surface area contributed by atoms with Crippen LogP contribution in [-0.4, -0.2) is 23.9 Å². The van der Waals surface area contributed by atoms with Gasteiger partial charge in [0, 0.05) is 94.8 Å². The number of para-hydroxylation sites is 8. The number of anilines is 6. The summed E-state index contributed by atoms with van der Waals surface area (Å²) in [7, 11) is 0. The zero-order valence-electron chi connectivity index (χ0n) is 54.8. The summed E-state index contributed by atoms with van der Waals surface area (Å²) in [6.45, 7) is 9.21. The van der Waals surface area contributed by atoms with Crippen LogP contribution in [0.5, 0.6) is 0 Å². The molecule has 5 aromatic heterocycles. The predicted octanol–water partition coefficient (Wildman–Crippen LogP) is 22.7. The molecule has 0 aliphatic carbocycles. The van der Waals surface area contributed by atoms with Gasteiger partial charge in [0.1, 0.15) is 5.58 Å². The molecule has 0 unspecified atom stereocenters. The van der Waals surface area contributed by atoms with E-state index >= 15 is 0 Å². The van der Waals surface area contributed by atoms with Crippen molar-refractivity contribution in [2.45, 2.75) is 38.5 Å². The molecule has 10 nitrogen and oxygen atoms in total. The Bertz CT molecular complexity index is 5820. The van der Waals surface area contributed by atoms with E-state index in [-0.39, 0.29) is 16.3 Å². The van der Waals surface area contributed by atoms with Gasteiger partial charge < -0.3 is 32.3 Å². The highest BCUT2D eigenvalue weighted by Gasteiger charge is 2.38. The van der Waals surface area contributed by atoms with Crippen molar-refractivity contribution in [2.75, 3.05) is 9.80 Å². The fourth-order valence-corrected chi connectivity index (χ4v) is 16.0. The standard InChI is InChI=1S/C45H27N3O2.C44H36N4O/c49-44-23-24-50-45-27-30(17-20-35(44)45)48-42-21-18-28(46-38-13-5-1-9-31(38)32-10-2-6-14-39(32)46)25-36(42)37-26-29(19-22-43(37)48)47-40-15-7-3-11-33(40)34-12-4-8-16-41(34)47;1-43(2)33-13-5-9-17-37(33)47(38-18-10-6-14-34(38)43)31-25-21-29(22-26-31)41-45-46-42(49-41)30-23-27-32(28-24-30)48-39-19-11-7-15-35(39)44(3,4)36-16-8-12-20-40(36)48/h1-27H;5-28H,1-4H3. The zero-order chi connectivity index (χ0) is 66.3. The van der Waals surface area contributed by atoms with Gasteiger partial charge in [0.25, 0.3) is 0 Å². The van der Waals surface area contributed by atoms with Crippen molar-refractivity contribution in [1.82, 2.24) is 23.9 Å². The third-order valence-electron chi connectivity index (χ3n) is 20.8. The van der Waals surface area contributed by atoms with E-state index in [9.17, 15) is 4.79 Å². The Kier molecular flexibility index (Phi) is 12.9. The highest BCUT2D eigenvalue weighted by atomic mass is 16.4. The van der Waals surface area contributed by atoms with Crippen LogP contribution in [0.1, 0.15) is 49.9 Å². The lowest BCUT2D eigenvalue weighted by molar-refractivity contribution is 0.584. The van der Waals surface area contributed by atoms with Crippen LogP contribution in [0.2, 0.25) is 0 Å². The minimum absolute atomic E-state index is 0.0494. The maximum Gasteiger partial charge on any atom is 0.248 e. The van der Waals surface area contributed by atoms with Gasteiger partial charge in [-0.2, -0.15) is 0 Å². The largest absolute Gasteiger partial charge is 0.464 e. The Morgan fingerprint density at radius 3 is 0.990 bits per heavy atom. The van der Waals surface area contributed by atoms with Crippen LogP contribution in [0.4, 0.5) is 34.1 Å². The van der Waals surface area contributed by atoms with Gasteiger partial charge in [0.15, 0.2) is 5.43 Å². The molecule has 0 fully saturated rings. The van der Waals surface area contributed by atoms with E-state index in [1.807, 2.05) is 18.2 Å². The topological polar surface area (TPSA) is 90.4 Å². The van der Waals surface area contributed by atoms with E-state index < -0.39 is 0 Å². The molecule has 0 atom stereocenters. The van der Waals surface area contributed by atoms with Crippen LogP contribution in [0.15, 0.2) is 323 Å². The minimum atomic E-state index is -0.0956. The molecule has 0 saturated heterocycles. The van der Waals surface area contributed by atoms with Gasteiger partial charge in [0.05, 0.1) is 67.5 Å². The first-order valence-electron chi connectivity index (χ1n) is 33.7. The second-order valence-corrected chi connectivity index (χ2v) is 26.9. The SMILES string of the molecule is CC1(C)c2ccccc2N(c2ccc(-c3nnc(-c4ccc(N5c6ccccc6C(C)(C)c6ccccc65)cc4)o3)cc2)c2ccccc21.O=c1ccoc2cc(-n3c4ccc(-n5c6ccccc6c6ccccc65)cc4c4cc(-n5c6ccccc6c6ccccc65)ccc43)ccc12. The maximum atomic E-state index is 12.6. The average molecular weight is 1280 g/mol. The summed E-state index contributed by atoms with van der Waals surface area (Å²) in [5.74, 6) is 0.986. The van der Waals surface area contributed by atoms with Crippen molar-refractivity contribution in [3.63, 3.8) is 0 Å². The van der Waals surface area contributed by atoms with Gasteiger partial charge >= 0.3 is 0 Å². The molecule has 0 bridgehead atoms. The highest BCUT2D eigenvalue weighted by molar-refractivity contribution is 6.14. The monoisotopic (exact) mass is 1280 g/mol. The van der Waals surface area contributed by atoms with Crippen LogP contribution < -0.4 is 15.2 Å². The molecule has 20 rings (SSSR count). The Morgan fingerprint density at radius 1 is 0.293 bits per heavy atom. The van der Waals surface area contributed by atoms with Crippen LogP contribution in [-0.2, 0) is 10.8 Å². The van der Waals surface area contributed by atoms with Crippen molar-refractivity contribution in [3.05, 3.63) is 342 Å². The third kappa shape index (κ3) is 8.92. The Balaban J connectivity index is 0.000000138. The first-order valence-corrected chi connectivity index (χ1v) is 33.7. The molecule has 0 N–H and O–H groups in total. The second-order valence-electron chi connectivity index (χ2n) is 26.9. The number of hydrogen-bond acceptors (Lipinski definition) is 7. The molecule has 2 aliphatic heterocycles. The summed E-state index contributed by atoms with van der Waals surface area (Å²) in [5, 5.41) is 16.7. The van der Waals surface area contributed by atoms with Crippen molar-refractivity contribution in [2.24, 2.45) is 0 Å². The summed E-state index contributed by atoms with van der Waals surface area (Å²) in [6, 6.07) is 107. The molecule has 10 heteroatoms. The van der Waals surface area contributed by atoms with Crippen molar-refractivity contribution in [3.8, 4) is 40.0 Å². The Labute approximate surface area is 570 Å². The molecule has 0 amide bonds. The van der Waals surface area contributed by atoms with Gasteiger partial charge in [-0.25, -0.2) is 0 Å². The number of aromatic nitrogens is 5. The molecule has 0 spiro atoms. The lowest BCUT2D eigenvalue weighted by Crippen LogP contribution is -2.30. The second kappa shape index (κ2) is 22.1. The first kappa shape index (κ1) is 57.6. The van der Waals surface area contributed by atoms with Crippen molar-refractivity contribution < 1.29 is 8.83 Å². The lowest BCUT2D eigenvalue weighted by atomic mass is 9.73. The van der Waals surface area contributed by atoms with E-state index in [1.54, 1.807) is 0 Å². The van der Waals surface area contributed by atoms with Crippen LogP contribution in [0.25, 0.3) is 116 Å². The van der Waals surface area contributed by atoms with E-state index in [2.05, 4.69) is 340 Å². The summed E-state index contributed by atoms with van der Waals surface area (Å²) in [4.78, 5) is 17.3. The summed E-state index contributed by atoms with van der Waals surface area (Å²) in [5.41, 5.74) is 24.2. The molecular weight excluding hydrogens is 1220 g/mol. The molecule has 7 heterocycles. The average Bonchev–Trinajstić information content (AvgIpc) is 1.69. The summed E-state index contributed by atoms with van der Waals surface area (Å²) < 4.78 is 19.1. The quantitative estimate of drug-likeness (QED) is 0.157. The van der Waals surface area contributed by atoms with E-state index in [1.165, 1.54) is 101 Å². The number of nitrogens with zero attached hydrogens (tertiary/aromatic N) is 7. The van der Waals surface area contributed by atoms with Crippen molar-refractivity contribution in [1.29, 1.82) is 0 Å². The molecular formula is C89H63N7O3. The predicted molar refractivity (Wildman–Crippen MR) is 404 cm³/mol. The lowest BCUT2D eigenvalue weighted by Gasteiger charge is -2.42. The fourth-order valence-electron chi connectivity index (χ4n) is 16.0. The summed E-state index contributed by atoms with van der Waals surface area (Å²) in [6.07, 6.45) is 1.47. The Morgan fingerprint density at radius 2 is 0.606 bits per heavy atom. The molecule has 472 valence electrons. The molecule has 18 aromatic rings. The van der Waals surface area contributed by atoms with E-state index in [0.29, 0.717) is 22.8 Å². The van der Waals surface area contributed by atoms with Gasteiger partial charge in [-0.1, -0.05) is 173 Å². The normalized spacial score (nSPS) is 13.6. The van der Waals surface area contributed by atoms with Gasteiger partial charge in [-0.15, -0.1) is 10.2 Å². The molecule has 2 aliphatic rings. The van der Waals surface area contributed by atoms with Gasteiger partial charge in [-0.3, -0.25) is 4.79 Å². The van der Waals surface area contributed by atoms with Crippen LogP contribution in [0, 0.1) is 0 Å². The number of hydrogen-bond donors (Lipinski definition) is 0. The first-order chi connectivity index (χ1) is 48.5.